The van der Waals surface area contributed by atoms with E-state index in [4.69, 9.17) is 9.47 Å². The molecule has 126 valence electrons. The molecular weight excluding hydrogens is 292 g/mol. The van der Waals surface area contributed by atoms with Crippen LogP contribution in [0.3, 0.4) is 0 Å². The average Bonchev–Trinajstić information content (AvgIpc) is 3.10. The normalized spacial score (nSPS) is 22.3. The summed E-state index contributed by atoms with van der Waals surface area (Å²) in [6, 6.07) is 8.21. The largest absolute Gasteiger partial charge is 0.497 e. The molecule has 2 fully saturated rings. The summed E-state index contributed by atoms with van der Waals surface area (Å²) in [6.07, 6.45) is 4.29. The van der Waals surface area contributed by atoms with E-state index in [-0.39, 0.29) is 24.7 Å². The molecule has 1 amide bonds. The van der Waals surface area contributed by atoms with Gasteiger partial charge in [0.05, 0.1) is 19.3 Å². The lowest BCUT2D eigenvalue weighted by atomic mass is 10.0. The molecule has 23 heavy (non-hydrogen) atoms. The Morgan fingerprint density at radius 1 is 1.22 bits per heavy atom. The van der Waals surface area contributed by atoms with Gasteiger partial charge in [-0.3, -0.25) is 4.79 Å². The Bertz CT molecular complexity index is 512. The summed E-state index contributed by atoms with van der Waals surface area (Å²) in [4.78, 5) is 14.5. The number of nitrogens with zero attached hydrogens (tertiary/aromatic N) is 1. The average molecular weight is 318 g/mol. The van der Waals surface area contributed by atoms with Gasteiger partial charge in [0, 0.05) is 6.54 Å². The number of hydrogen-bond acceptors (Lipinski definition) is 4. The second-order valence-corrected chi connectivity index (χ2v) is 6.28. The number of piperidine rings is 1. The fourth-order valence-electron chi connectivity index (χ4n) is 3.47. The van der Waals surface area contributed by atoms with E-state index in [0.29, 0.717) is 0 Å². The lowest BCUT2D eigenvalue weighted by Crippen LogP contribution is -2.37. The number of ether oxygens (including phenoxy) is 2. The molecule has 0 spiro atoms. The van der Waals surface area contributed by atoms with Crippen LogP contribution in [-0.2, 0) is 9.53 Å². The number of hydrogen-bond donors (Lipinski definition) is 1. The first-order valence-corrected chi connectivity index (χ1v) is 8.53. The van der Waals surface area contributed by atoms with Crippen LogP contribution in [0.25, 0.3) is 0 Å². The zero-order valence-corrected chi connectivity index (χ0v) is 13.8. The first-order valence-electron chi connectivity index (χ1n) is 8.53. The summed E-state index contributed by atoms with van der Waals surface area (Å²) < 4.78 is 11.0. The van der Waals surface area contributed by atoms with Crippen molar-refractivity contribution < 1.29 is 14.3 Å². The molecule has 0 radical (unpaired) electrons. The third kappa shape index (κ3) is 4.03. The van der Waals surface area contributed by atoms with Gasteiger partial charge < -0.3 is 19.7 Å². The highest BCUT2D eigenvalue weighted by Gasteiger charge is 2.30. The summed E-state index contributed by atoms with van der Waals surface area (Å²) in [6.45, 7) is 3.00. The number of methoxy groups -OCH3 is 1. The standard InChI is InChI=1S/C18H26N2O3/c1-22-15-6-4-14(5-7-15)17-3-2-12-20(17)18(21)13-23-16-8-10-19-11-9-16/h4-7,16-17,19H,2-3,8-13H2,1H3. The zero-order chi connectivity index (χ0) is 16.1. The van der Waals surface area contributed by atoms with Crippen LogP contribution in [0.2, 0.25) is 0 Å². The molecule has 2 aliphatic heterocycles. The van der Waals surface area contributed by atoms with Crippen molar-refractivity contribution in [3.05, 3.63) is 29.8 Å². The minimum atomic E-state index is 0.113. The molecule has 1 aromatic carbocycles. The maximum absolute atomic E-state index is 12.6. The minimum Gasteiger partial charge on any atom is -0.497 e. The van der Waals surface area contributed by atoms with Crippen LogP contribution in [0, 0.1) is 0 Å². The lowest BCUT2D eigenvalue weighted by Gasteiger charge is -2.27. The van der Waals surface area contributed by atoms with E-state index in [1.54, 1.807) is 7.11 Å². The van der Waals surface area contributed by atoms with E-state index < -0.39 is 0 Å². The minimum absolute atomic E-state index is 0.113. The molecule has 0 saturated carbocycles. The highest BCUT2D eigenvalue weighted by atomic mass is 16.5. The zero-order valence-electron chi connectivity index (χ0n) is 13.8. The SMILES string of the molecule is COc1ccc(C2CCCN2C(=O)COC2CCNCC2)cc1. The van der Waals surface area contributed by atoms with Gasteiger partial charge in [-0.1, -0.05) is 12.1 Å². The van der Waals surface area contributed by atoms with Crippen LogP contribution in [0.5, 0.6) is 5.75 Å². The van der Waals surface area contributed by atoms with Gasteiger partial charge in [-0.05, 0) is 56.5 Å². The number of nitrogens with one attached hydrogen (secondary N) is 1. The molecule has 1 aromatic rings. The predicted molar refractivity (Wildman–Crippen MR) is 88.5 cm³/mol. The van der Waals surface area contributed by atoms with E-state index in [1.807, 2.05) is 17.0 Å². The maximum Gasteiger partial charge on any atom is 0.249 e. The van der Waals surface area contributed by atoms with Gasteiger partial charge in [-0.15, -0.1) is 0 Å². The van der Waals surface area contributed by atoms with Crippen LogP contribution in [0.15, 0.2) is 24.3 Å². The molecule has 1 unspecified atom stereocenters. The number of likely N-dealkylation sites (tertiary alicyclic amines) is 1. The van der Waals surface area contributed by atoms with Gasteiger partial charge in [0.25, 0.3) is 0 Å². The molecule has 2 saturated heterocycles. The van der Waals surface area contributed by atoms with Gasteiger partial charge in [0.2, 0.25) is 5.91 Å². The summed E-state index contributed by atoms with van der Waals surface area (Å²) in [5, 5.41) is 3.31. The number of carbonyl (C=O) groups is 1. The molecule has 2 heterocycles. The summed E-state index contributed by atoms with van der Waals surface area (Å²) in [5.74, 6) is 0.959. The summed E-state index contributed by atoms with van der Waals surface area (Å²) >= 11 is 0. The molecule has 5 heteroatoms. The van der Waals surface area contributed by atoms with E-state index in [1.165, 1.54) is 5.56 Å². The van der Waals surface area contributed by atoms with Crippen LogP contribution in [0.4, 0.5) is 0 Å². The third-order valence-corrected chi connectivity index (χ3v) is 4.80. The Labute approximate surface area is 137 Å². The first-order chi connectivity index (χ1) is 11.3. The van der Waals surface area contributed by atoms with Gasteiger partial charge in [0.1, 0.15) is 12.4 Å². The Balaban J connectivity index is 1.57. The predicted octanol–water partition coefficient (Wildman–Crippen LogP) is 2.13. The molecule has 0 aliphatic carbocycles. The van der Waals surface area contributed by atoms with Crippen LogP contribution in [-0.4, -0.2) is 50.3 Å². The van der Waals surface area contributed by atoms with Crippen molar-refractivity contribution in [2.75, 3.05) is 33.4 Å². The second kappa shape index (κ2) is 7.79. The molecule has 2 aliphatic rings. The Hall–Kier alpha value is -1.59. The Kier molecular flexibility index (Phi) is 5.51. The molecular formula is C18H26N2O3. The summed E-state index contributed by atoms with van der Waals surface area (Å²) in [7, 11) is 1.67. The fraction of sp³-hybridized carbons (Fsp3) is 0.611. The highest BCUT2D eigenvalue weighted by Crippen LogP contribution is 2.32. The number of carbonyl (C=O) groups excluding carboxylic acids is 1. The van der Waals surface area contributed by atoms with Crippen LogP contribution >= 0.6 is 0 Å². The molecule has 0 aromatic heterocycles. The topological polar surface area (TPSA) is 50.8 Å². The number of benzene rings is 1. The van der Waals surface area contributed by atoms with Crippen molar-refractivity contribution in [1.82, 2.24) is 10.2 Å². The number of rotatable bonds is 5. The van der Waals surface area contributed by atoms with Gasteiger partial charge in [-0.25, -0.2) is 0 Å². The Morgan fingerprint density at radius 2 is 1.96 bits per heavy atom. The van der Waals surface area contributed by atoms with Crippen LogP contribution in [0.1, 0.15) is 37.3 Å². The van der Waals surface area contributed by atoms with E-state index in [9.17, 15) is 4.79 Å². The van der Waals surface area contributed by atoms with Crippen molar-refractivity contribution in [2.45, 2.75) is 37.8 Å². The van der Waals surface area contributed by atoms with Gasteiger partial charge >= 0.3 is 0 Å². The first kappa shape index (κ1) is 16.3. The van der Waals surface area contributed by atoms with E-state index >= 15 is 0 Å². The molecule has 3 rings (SSSR count). The third-order valence-electron chi connectivity index (χ3n) is 4.80. The van der Waals surface area contributed by atoms with Crippen LogP contribution < -0.4 is 10.1 Å². The van der Waals surface area contributed by atoms with Crippen molar-refractivity contribution in [3.63, 3.8) is 0 Å². The number of amides is 1. The van der Waals surface area contributed by atoms with Crippen molar-refractivity contribution in [3.8, 4) is 5.75 Å². The molecule has 0 bridgehead atoms. The van der Waals surface area contributed by atoms with Gasteiger partial charge in [-0.2, -0.15) is 0 Å². The quantitative estimate of drug-likeness (QED) is 0.903. The van der Waals surface area contributed by atoms with E-state index in [0.717, 1.165) is 51.1 Å². The lowest BCUT2D eigenvalue weighted by molar-refractivity contribution is -0.139. The van der Waals surface area contributed by atoms with Crippen molar-refractivity contribution >= 4 is 5.91 Å². The smallest absolute Gasteiger partial charge is 0.249 e. The monoisotopic (exact) mass is 318 g/mol. The summed E-state index contributed by atoms with van der Waals surface area (Å²) in [5.41, 5.74) is 1.18. The Morgan fingerprint density at radius 3 is 2.65 bits per heavy atom. The van der Waals surface area contributed by atoms with Crippen molar-refractivity contribution in [2.24, 2.45) is 0 Å². The maximum atomic E-state index is 12.6. The molecule has 5 nitrogen and oxygen atoms in total. The highest BCUT2D eigenvalue weighted by molar-refractivity contribution is 5.78. The second-order valence-electron chi connectivity index (χ2n) is 6.28. The van der Waals surface area contributed by atoms with E-state index in [2.05, 4.69) is 17.4 Å². The van der Waals surface area contributed by atoms with Gasteiger partial charge in [0.15, 0.2) is 0 Å². The fourth-order valence-corrected chi connectivity index (χ4v) is 3.47. The van der Waals surface area contributed by atoms with Crippen molar-refractivity contribution in [1.29, 1.82) is 0 Å². The molecule has 1 N–H and O–H groups in total. The molecule has 1 atom stereocenters.